The van der Waals surface area contributed by atoms with Gasteiger partial charge in [0.05, 0.1) is 31.0 Å². The number of rotatable bonds is 7. The maximum atomic E-state index is 12.9. The summed E-state index contributed by atoms with van der Waals surface area (Å²) >= 11 is 1.54. The van der Waals surface area contributed by atoms with Crippen molar-refractivity contribution in [2.75, 3.05) is 50.1 Å². The molecule has 33 heavy (non-hydrogen) atoms. The molecule has 1 aliphatic heterocycles. The zero-order valence-corrected chi connectivity index (χ0v) is 20.5. The monoisotopic (exact) mass is 471 g/mol. The Balaban J connectivity index is 1.38. The summed E-state index contributed by atoms with van der Waals surface area (Å²) in [4.78, 5) is 31.4. The molecule has 1 aromatic heterocycles. The van der Waals surface area contributed by atoms with Crippen LogP contribution in [0.15, 0.2) is 24.3 Å². The van der Waals surface area contributed by atoms with E-state index in [4.69, 9.17) is 9.47 Å². The third-order valence-electron chi connectivity index (χ3n) is 6.14. The number of amides is 1. The van der Waals surface area contributed by atoms with Gasteiger partial charge < -0.3 is 19.7 Å². The van der Waals surface area contributed by atoms with Crippen molar-refractivity contribution >= 4 is 33.9 Å². The summed E-state index contributed by atoms with van der Waals surface area (Å²) in [6.07, 6.45) is 3.82. The normalized spacial score (nSPS) is 16.4. The van der Waals surface area contributed by atoms with Crippen molar-refractivity contribution in [2.24, 2.45) is 0 Å². The van der Waals surface area contributed by atoms with Crippen molar-refractivity contribution < 1.29 is 19.1 Å². The SMILES string of the molecule is COc1ccccc1N1CCN(CC(=O)Nc2sc3c(c2C(=O)OC(C)C)CCCC3)CC1. The number of piperazine rings is 1. The maximum absolute atomic E-state index is 12.9. The fraction of sp³-hybridized carbons (Fsp3) is 0.520. The Morgan fingerprint density at radius 1 is 1.09 bits per heavy atom. The number of thiophene rings is 1. The molecule has 0 radical (unpaired) electrons. The Morgan fingerprint density at radius 3 is 2.55 bits per heavy atom. The first-order chi connectivity index (χ1) is 16.0. The van der Waals surface area contributed by atoms with Gasteiger partial charge in [-0.3, -0.25) is 9.69 Å². The van der Waals surface area contributed by atoms with Gasteiger partial charge in [-0.1, -0.05) is 12.1 Å². The number of hydrogen-bond acceptors (Lipinski definition) is 7. The zero-order chi connectivity index (χ0) is 23.4. The van der Waals surface area contributed by atoms with E-state index in [2.05, 4.69) is 21.2 Å². The van der Waals surface area contributed by atoms with Gasteiger partial charge in [-0.25, -0.2) is 4.79 Å². The lowest BCUT2D eigenvalue weighted by molar-refractivity contribution is -0.117. The molecule has 0 bridgehead atoms. The minimum absolute atomic E-state index is 0.0852. The molecule has 1 aromatic carbocycles. The number of esters is 1. The average molecular weight is 472 g/mol. The Labute approximate surface area is 199 Å². The molecule has 0 unspecified atom stereocenters. The molecular formula is C25H33N3O4S. The number of carbonyl (C=O) groups is 2. The number of hydrogen-bond donors (Lipinski definition) is 1. The third kappa shape index (κ3) is 5.50. The predicted octanol–water partition coefficient (Wildman–Crippen LogP) is 3.96. The first kappa shape index (κ1) is 23.6. The van der Waals surface area contributed by atoms with Crippen molar-refractivity contribution in [1.29, 1.82) is 0 Å². The van der Waals surface area contributed by atoms with E-state index in [1.807, 2.05) is 32.0 Å². The van der Waals surface area contributed by atoms with Gasteiger partial charge in [-0.05, 0) is 57.2 Å². The van der Waals surface area contributed by atoms with Crippen LogP contribution in [-0.2, 0) is 22.4 Å². The van der Waals surface area contributed by atoms with E-state index in [0.29, 0.717) is 17.1 Å². The average Bonchev–Trinajstić information content (AvgIpc) is 3.16. The highest BCUT2D eigenvalue weighted by atomic mass is 32.1. The topological polar surface area (TPSA) is 71.1 Å². The van der Waals surface area contributed by atoms with Crippen molar-refractivity contribution in [3.05, 3.63) is 40.3 Å². The van der Waals surface area contributed by atoms with Crippen LogP contribution in [0.25, 0.3) is 0 Å². The van der Waals surface area contributed by atoms with E-state index in [1.165, 1.54) is 16.2 Å². The van der Waals surface area contributed by atoms with Crippen LogP contribution < -0.4 is 15.0 Å². The van der Waals surface area contributed by atoms with E-state index in [9.17, 15) is 9.59 Å². The number of nitrogens with zero attached hydrogens (tertiary/aromatic N) is 2. The number of aryl methyl sites for hydroxylation is 1. The lowest BCUT2D eigenvalue weighted by Crippen LogP contribution is -2.48. The molecule has 0 atom stereocenters. The zero-order valence-electron chi connectivity index (χ0n) is 19.7. The first-order valence-corrected chi connectivity index (χ1v) is 12.5. The molecule has 0 spiro atoms. The molecule has 1 saturated heterocycles. The Hall–Kier alpha value is -2.58. The van der Waals surface area contributed by atoms with Gasteiger partial charge in [-0.15, -0.1) is 11.3 Å². The minimum Gasteiger partial charge on any atom is -0.495 e. The van der Waals surface area contributed by atoms with Gasteiger partial charge in [0.1, 0.15) is 10.8 Å². The number of carbonyl (C=O) groups excluding carboxylic acids is 2. The maximum Gasteiger partial charge on any atom is 0.341 e. The van der Waals surface area contributed by atoms with Crippen molar-refractivity contribution in [3.8, 4) is 5.75 Å². The van der Waals surface area contributed by atoms with Crippen LogP contribution in [0.3, 0.4) is 0 Å². The lowest BCUT2D eigenvalue weighted by Gasteiger charge is -2.36. The highest BCUT2D eigenvalue weighted by molar-refractivity contribution is 7.17. The van der Waals surface area contributed by atoms with Crippen LogP contribution in [0.2, 0.25) is 0 Å². The quantitative estimate of drug-likeness (QED) is 0.617. The fourth-order valence-corrected chi connectivity index (χ4v) is 5.84. The van der Waals surface area contributed by atoms with E-state index >= 15 is 0 Å². The molecule has 2 aromatic rings. The molecule has 0 saturated carbocycles. The third-order valence-corrected chi connectivity index (χ3v) is 7.34. The van der Waals surface area contributed by atoms with Crippen LogP contribution in [0.1, 0.15) is 47.5 Å². The number of methoxy groups -OCH3 is 1. The van der Waals surface area contributed by atoms with Gasteiger partial charge >= 0.3 is 5.97 Å². The van der Waals surface area contributed by atoms with Gasteiger partial charge in [0.15, 0.2) is 0 Å². The summed E-state index contributed by atoms with van der Waals surface area (Å²) in [5, 5.41) is 3.68. The lowest BCUT2D eigenvalue weighted by atomic mass is 9.95. The Morgan fingerprint density at radius 2 is 1.82 bits per heavy atom. The summed E-state index contributed by atoms with van der Waals surface area (Å²) in [5.74, 6) is 0.453. The highest BCUT2D eigenvalue weighted by Gasteiger charge is 2.28. The minimum atomic E-state index is -0.329. The molecule has 1 aliphatic carbocycles. The van der Waals surface area contributed by atoms with Crippen LogP contribution in [-0.4, -0.2) is 62.7 Å². The smallest absolute Gasteiger partial charge is 0.341 e. The van der Waals surface area contributed by atoms with Crippen LogP contribution in [0.4, 0.5) is 10.7 Å². The number of anilines is 2. The molecule has 7 nitrogen and oxygen atoms in total. The van der Waals surface area contributed by atoms with Crippen molar-refractivity contribution in [2.45, 2.75) is 45.6 Å². The number of ether oxygens (including phenoxy) is 2. The highest BCUT2D eigenvalue weighted by Crippen LogP contribution is 2.38. The second-order valence-corrected chi connectivity index (χ2v) is 9.96. The van der Waals surface area contributed by atoms with Crippen molar-refractivity contribution in [1.82, 2.24) is 4.90 Å². The number of benzene rings is 1. The van der Waals surface area contributed by atoms with E-state index in [-0.39, 0.29) is 18.0 Å². The Kier molecular flexibility index (Phi) is 7.55. The van der Waals surface area contributed by atoms with E-state index in [1.54, 1.807) is 7.11 Å². The molecule has 1 fully saturated rings. The second-order valence-electron chi connectivity index (χ2n) is 8.85. The van der Waals surface area contributed by atoms with Gasteiger partial charge in [0.25, 0.3) is 0 Å². The number of fused-ring (bicyclic) bond motifs is 1. The summed E-state index contributed by atoms with van der Waals surface area (Å²) in [7, 11) is 1.69. The summed E-state index contributed by atoms with van der Waals surface area (Å²) in [5.41, 5.74) is 2.72. The first-order valence-electron chi connectivity index (χ1n) is 11.7. The molecule has 4 rings (SSSR count). The molecule has 1 amide bonds. The largest absolute Gasteiger partial charge is 0.495 e. The molecule has 178 valence electrons. The predicted molar refractivity (Wildman–Crippen MR) is 132 cm³/mol. The molecule has 2 heterocycles. The number of para-hydroxylation sites is 2. The Bertz CT molecular complexity index is 996. The summed E-state index contributed by atoms with van der Waals surface area (Å²) in [6, 6.07) is 8.02. The standard InChI is InChI=1S/C25H33N3O4S/c1-17(2)32-25(30)23-18-8-4-7-11-21(18)33-24(23)26-22(29)16-27-12-14-28(15-13-27)19-9-5-6-10-20(19)31-3/h5-6,9-10,17H,4,7-8,11-16H2,1-3H3,(H,26,29). The summed E-state index contributed by atoms with van der Waals surface area (Å²) in [6.45, 7) is 7.23. The van der Waals surface area contributed by atoms with Crippen LogP contribution >= 0.6 is 11.3 Å². The van der Waals surface area contributed by atoms with Gasteiger partial charge in [-0.2, -0.15) is 0 Å². The molecule has 8 heteroatoms. The van der Waals surface area contributed by atoms with Crippen LogP contribution in [0, 0.1) is 0 Å². The van der Waals surface area contributed by atoms with Gasteiger partial charge in [0.2, 0.25) is 5.91 Å². The van der Waals surface area contributed by atoms with E-state index in [0.717, 1.165) is 68.9 Å². The van der Waals surface area contributed by atoms with Crippen LogP contribution in [0.5, 0.6) is 5.75 Å². The molecule has 1 N–H and O–H groups in total. The summed E-state index contributed by atoms with van der Waals surface area (Å²) < 4.78 is 11.0. The van der Waals surface area contributed by atoms with E-state index < -0.39 is 0 Å². The second kappa shape index (κ2) is 10.6. The molecular weight excluding hydrogens is 438 g/mol. The van der Waals surface area contributed by atoms with Crippen molar-refractivity contribution in [3.63, 3.8) is 0 Å². The fourth-order valence-electron chi connectivity index (χ4n) is 4.55. The molecule has 2 aliphatic rings. The van der Waals surface area contributed by atoms with Gasteiger partial charge in [0, 0.05) is 31.1 Å². The number of nitrogens with one attached hydrogen (secondary N) is 1.